The zero-order valence-corrected chi connectivity index (χ0v) is 9.19. The highest BCUT2D eigenvalue weighted by molar-refractivity contribution is 7.12. The minimum atomic E-state index is 1.02. The number of rotatable bonds is 3. The van der Waals surface area contributed by atoms with Gasteiger partial charge in [0.2, 0.25) is 0 Å². The van der Waals surface area contributed by atoms with Crippen LogP contribution in [-0.4, -0.2) is 4.98 Å². The van der Waals surface area contributed by atoms with Crippen LogP contribution < -0.4 is 0 Å². The molecule has 0 spiro atoms. The Hall–Kier alpha value is -0.890. The molecule has 13 heavy (non-hydrogen) atoms. The Labute approximate surface area is 83.8 Å². The second-order valence-corrected chi connectivity index (χ2v) is 3.83. The van der Waals surface area contributed by atoms with Gasteiger partial charge in [0.25, 0.3) is 0 Å². The summed E-state index contributed by atoms with van der Waals surface area (Å²) < 4.78 is 0. The minimum absolute atomic E-state index is 1.02. The highest BCUT2D eigenvalue weighted by atomic mass is 32.1. The summed E-state index contributed by atoms with van der Waals surface area (Å²) in [6.07, 6.45) is 9.28. The molecule has 2 heteroatoms. The quantitative estimate of drug-likeness (QED) is 0.712. The van der Waals surface area contributed by atoms with E-state index in [9.17, 15) is 0 Å². The van der Waals surface area contributed by atoms with Crippen molar-refractivity contribution in [2.75, 3.05) is 0 Å². The Bertz CT molecular complexity index is 291. The van der Waals surface area contributed by atoms with E-state index in [4.69, 9.17) is 0 Å². The van der Waals surface area contributed by atoms with Gasteiger partial charge < -0.3 is 0 Å². The van der Waals surface area contributed by atoms with Gasteiger partial charge in [-0.3, -0.25) is 0 Å². The molecule has 0 aliphatic carbocycles. The highest BCUT2D eigenvalue weighted by Gasteiger charge is 2.03. The zero-order valence-electron chi connectivity index (χ0n) is 8.37. The molecule has 0 aliphatic heterocycles. The van der Waals surface area contributed by atoms with Crippen LogP contribution in [-0.2, 0) is 6.42 Å². The van der Waals surface area contributed by atoms with E-state index in [0.29, 0.717) is 0 Å². The average Bonchev–Trinajstić information content (AvgIpc) is 2.50. The van der Waals surface area contributed by atoms with Gasteiger partial charge >= 0.3 is 0 Å². The normalized spacial score (nSPS) is 11.9. The second kappa shape index (κ2) is 4.97. The summed E-state index contributed by atoms with van der Waals surface area (Å²) in [4.78, 5) is 5.78. The summed E-state index contributed by atoms with van der Waals surface area (Å²) in [7, 11) is 0. The van der Waals surface area contributed by atoms with Crippen molar-refractivity contribution in [2.45, 2.75) is 27.2 Å². The first-order valence-corrected chi connectivity index (χ1v) is 5.38. The number of hydrogen-bond donors (Lipinski definition) is 0. The zero-order chi connectivity index (χ0) is 9.68. The van der Waals surface area contributed by atoms with Crippen molar-refractivity contribution in [3.63, 3.8) is 0 Å². The van der Waals surface area contributed by atoms with Crippen molar-refractivity contribution in [1.29, 1.82) is 0 Å². The lowest BCUT2D eigenvalue weighted by atomic mass is 10.3. The molecule has 70 valence electrons. The average molecular weight is 193 g/mol. The van der Waals surface area contributed by atoms with Crippen LogP contribution in [0.2, 0.25) is 0 Å². The second-order valence-electron chi connectivity index (χ2n) is 2.71. The van der Waals surface area contributed by atoms with E-state index in [2.05, 4.69) is 30.1 Å². The van der Waals surface area contributed by atoms with E-state index >= 15 is 0 Å². The van der Waals surface area contributed by atoms with Crippen LogP contribution in [0.5, 0.6) is 0 Å². The summed E-state index contributed by atoms with van der Waals surface area (Å²) in [5.41, 5.74) is 1.10. The van der Waals surface area contributed by atoms with E-state index in [0.717, 1.165) is 12.1 Å². The summed E-state index contributed by atoms with van der Waals surface area (Å²) >= 11 is 1.77. The molecule has 0 aliphatic rings. The van der Waals surface area contributed by atoms with E-state index in [1.54, 1.807) is 11.3 Å². The van der Waals surface area contributed by atoms with E-state index in [1.165, 1.54) is 9.88 Å². The molecule has 1 rings (SSSR count). The predicted molar refractivity (Wildman–Crippen MR) is 60.9 cm³/mol. The SMILES string of the molecule is C/C=C\c1nc(CC)sc1/C=C\C. The van der Waals surface area contributed by atoms with Gasteiger partial charge in [-0.25, -0.2) is 4.98 Å². The van der Waals surface area contributed by atoms with E-state index in [1.807, 2.05) is 19.9 Å². The van der Waals surface area contributed by atoms with Crippen molar-refractivity contribution in [3.05, 3.63) is 27.7 Å². The maximum Gasteiger partial charge on any atom is 0.0935 e. The molecule has 1 aromatic heterocycles. The fourth-order valence-corrected chi connectivity index (χ4v) is 2.06. The van der Waals surface area contributed by atoms with Crippen LogP contribution in [0.4, 0.5) is 0 Å². The van der Waals surface area contributed by atoms with Gasteiger partial charge in [0.15, 0.2) is 0 Å². The molecule has 1 heterocycles. The van der Waals surface area contributed by atoms with Crippen molar-refractivity contribution in [2.24, 2.45) is 0 Å². The van der Waals surface area contributed by atoms with Gasteiger partial charge in [0.05, 0.1) is 15.6 Å². The molecule has 0 bridgehead atoms. The van der Waals surface area contributed by atoms with Crippen LogP contribution in [0.15, 0.2) is 12.2 Å². The van der Waals surface area contributed by atoms with Crippen LogP contribution in [0.25, 0.3) is 12.2 Å². The molecule has 1 nitrogen and oxygen atoms in total. The molecular weight excluding hydrogens is 178 g/mol. The van der Waals surface area contributed by atoms with Gasteiger partial charge in [0, 0.05) is 0 Å². The van der Waals surface area contributed by atoms with E-state index in [-0.39, 0.29) is 0 Å². The number of hydrogen-bond acceptors (Lipinski definition) is 2. The molecule has 0 saturated heterocycles. The standard InChI is InChI=1S/C11H15NS/c1-4-7-9-10(8-5-2)13-11(6-3)12-9/h4-5,7-8H,6H2,1-3H3/b7-4-,8-5-. The third-order valence-electron chi connectivity index (χ3n) is 1.67. The van der Waals surface area contributed by atoms with Crippen molar-refractivity contribution in [1.82, 2.24) is 4.98 Å². The fraction of sp³-hybridized carbons (Fsp3) is 0.364. The Balaban J connectivity index is 3.07. The Kier molecular flexibility index (Phi) is 3.90. The third-order valence-corrected chi connectivity index (χ3v) is 2.85. The summed E-state index contributed by atoms with van der Waals surface area (Å²) in [5.74, 6) is 0. The fourth-order valence-electron chi connectivity index (χ4n) is 1.09. The Morgan fingerprint density at radius 3 is 2.46 bits per heavy atom. The van der Waals surface area contributed by atoms with Gasteiger partial charge in [-0.1, -0.05) is 19.1 Å². The van der Waals surface area contributed by atoms with Crippen molar-refractivity contribution in [3.8, 4) is 0 Å². The maximum atomic E-state index is 4.52. The summed E-state index contributed by atoms with van der Waals surface area (Å²) in [5, 5.41) is 1.21. The lowest BCUT2D eigenvalue weighted by Crippen LogP contribution is -1.77. The molecule has 0 fully saturated rings. The van der Waals surface area contributed by atoms with Gasteiger partial charge in [0.1, 0.15) is 0 Å². The largest absolute Gasteiger partial charge is 0.241 e. The van der Waals surface area contributed by atoms with Gasteiger partial charge in [-0.2, -0.15) is 0 Å². The molecule has 0 aromatic carbocycles. The molecule has 0 N–H and O–H groups in total. The highest BCUT2D eigenvalue weighted by Crippen LogP contribution is 2.21. The number of aromatic nitrogens is 1. The molecule has 0 saturated carbocycles. The first-order chi connectivity index (χ1) is 6.31. The summed E-state index contributed by atoms with van der Waals surface area (Å²) in [6.45, 7) is 6.19. The van der Waals surface area contributed by atoms with Crippen molar-refractivity contribution < 1.29 is 0 Å². The van der Waals surface area contributed by atoms with Crippen molar-refractivity contribution >= 4 is 23.5 Å². The first-order valence-electron chi connectivity index (χ1n) is 4.56. The molecule has 1 aromatic rings. The number of allylic oxidation sites excluding steroid dienone is 2. The van der Waals surface area contributed by atoms with Gasteiger partial charge in [-0.05, 0) is 32.4 Å². The first kappa shape index (κ1) is 10.2. The lowest BCUT2D eigenvalue weighted by Gasteiger charge is -1.86. The Morgan fingerprint density at radius 2 is 1.92 bits per heavy atom. The molecule has 0 radical (unpaired) electrons. The topological polar surface area (TPSA) is 12.9 Å². The minimum Gasteiger partial charge on any atom is -0.241 e. The van der Waals surface area contributed by atoms with E-state index < -0.39 is 0 Å². The molecular formula is C11H15NS. The van der Waals surface area contributed by atoms with Crippen LogP contribution >= 0.6 is 11.3 Å². The summed E-state index contributed by atoms with van der Waals surface area (Å²) in [6, 6.07) is 0. The third kappa shape index (κ3) is 2.52. The monoisotopic (exact) mass is 193 g/mol. The molecule has 0 atom stereocenters. The van der Waals surface area contributed by atoms with Crippen LogP contribution in [0.3, 0.4) is 0 Å². The van der Waals surface area contributed by atoms with Gasteiger partial charge in [-0.15, -0.1) is 11.3 Å². The van der Waals surface area contributed by atoms with Crippen LogP contribution in [0.1, 0.15) is 36.3 Å². The lowest BCUT2D eigenvalue weighted by molar-refractivity contribution is 1.09. The number of aryl methyl sites for hydroxylation is 1. The number of nitrogens with zero attached hydrogens (tertiary/aromatic N) is 1. The Morgan fingerprint density at radius 1 is 1.23 bits per heavy atom. The predicted octanol–water partition coefficient (Wildman–Crippen LogP) is 3.77. The molecule has 0 unspecified atom stereocenters. The van der Waals surface area contributed by atoms with Crippen LogP contribution in [0, 0.1) is 0 Å². The smallest absolute Gasteiger partial charge is 0.0935 e. The number of thiazole rings is 1. The molecule has 0 amide bonds. The maximum absolute atomic E-state index is 4.52.